The van der Waals surface area contributed by atoms with Crippen LogP contribution in [0.3, 0.4) is 0 Å². The van der Waals surface area contributed by atoms with Crippen molar-refractivity contribution in [3.05, 3.63) is 30.1 Å². The van der Waals surface area contributed by atoms with Crippen LogP contribution in [0.1, 0.15) is 12.8 Å². The summed E-state index contributed by atoms with van der Waals surface area (Å²) in [7, 11) is -4.15. The fourth-order valence-electron chi connectivity index (χ4n) is 1.67. The molecule has 0 heterocycles. The minimum Gasteiger partial charge on any atom is -0.480 e. The van der Waals surface area contributed by atoms with Gasteiger partial charge in [0.25, 0.3) is 0 Å². The molecule has 1 unspecified atom stereocenters. The highest BCUT2D eigenvalue weighted by molar-refractivity contribution is 7.89. The Kier molecular flexibility index (Phi) is 3.36. The Balaban J connectivity index is 2.26. The standard InChI is InChI=1S/C11H12FNO4S/c12-8-3-1-2-4-9(8)18(16,17)13-10(11(14)15)7-5-6-7/h1-4,7,10,13H,5-6H2,(H,14,15). The largest absolute Gasteiger partial charge is 0.480 e. The molecule has 0 aromatic heterocycles. The summed E-state index contributed by atoms with van der Waals surface area (Å²) >= 11 is 0. The molecule has 0 aliphatic heterocycles. The number of nitrogens with one attached hydrogen (secondary N) is 1. The van der Waals surface area contributed by atoms with Crippen LogP contribution in [0, 0.1) is 11.7 Å². The van der Waals surface area contributed by atoms with E-state index in [0.29, 0.717) is 12.8 Å². The lowest BCUT2D eigenvalue weighted by Crippen LogP contribution is -2.42. The molecule has 98 valence electrons. The first-order valence-corrected chi connectivity index (χ1v) is 6.90. The number of halogens is 1. The molecule has 1 saturated carbocycles. The van der Waals surface area contributed by atoms with Gasteiger partial charge in [-0.05, 0) is 30.9 Å². The Morgan fingerprint density at radius 2 is 2.00 bits per heavy atom. The van der Waals surface area contributed by atoms with Gasteiger partial charge in [-0.2, -0.15) is 4.72 Å². The average molecular weight is 273 g/mol. The molecule has 1 aromatic rings. The predicted octanol–water partition coefficient (Wildman–Crippen LogP) is 0.967. The van der Waals surface area contributed by atoms with Crippen molar-refractivity contribution < 1.29 is 22.7 Å². The van der Waals surface area contributed by atoms with E-state index in [0.717, 1.165) is 12.1 Å². The smallest absolute Gasteiger partial charge is 0.322 e. The Bertz CT molecular complexity index is 568. The monoisotopic (exact) mass is 273 g/mol. The number of hydrogen-bond donors (Lipinski definition) is 2. The number of sulfonamides is 1. The predicted molar refractivity (Wildman–Crippen MR) is 60.9 cm³/mol. The second-order valence-corrected chi connectivity index (χ2v) is 5.89. The molecule has 0 amide bonds. The van der Waals surface area contributed by atoms with Gasteiger partial charge in [-0.25, -0.2) is 12.8 Å². The lowest BCUT2D eigenvalue weighted by molar-refractivity contribution is -0.139. The first-order valence-electron chi connectivity index (χ1n) is 5.41. The molecular weight excluding hydrogens is 261 g/mol. The zero-order valence-corrected chi connectivity index (χ0v) is 10.2. The van der Waals surface area contributed by atoms with Gasteiger partial charge >= 0.3 is 5.97 Å². The molecule has 5 nitrogen and oxygen atoms in total. The van der Waals surface area contributed by atoms with E-state index in [1.165, 1.54) is 12.1 Å². The van der Waals surface area contributed by atoms with E-state index < -0.39 is 32.7 Å². The number of hydrogen-bond acceptors (Lipinski definition) is 3. The molecule has 2 rings (SSSR count). The van der Waals surface area contributed by atoms with Crippen LogP contribution >= 0.6 is 0 Å². The molecule has 1 aromatic carbocycles. The maximum absolute atomic E-state index is 13.4. The molecule has 0 saturated heterocycles. The van der Waals surface area contributed by atoms with Crippen molar-refractivity contribution in [3.63, 3.8) is 0 Å². The summed E-state index contributed by atoms with van der Waals surface area (Å²) in [6, 6.07) is 3.67. The van der Waals surface area contributed by atoms with Crippen molar-refractivity contribution in [1.29, 1.82) is 0 Å². The molecule has 1 aliphatic carbocycles. The third-order valence-electron chi connectivity index (χ3n) is 2.77. The lowest BCUT2D eigenvalue weighted by atomic mass is 10.2. The molecule has 1 atom stereocenters. The molecule has 1 aliphatic rings. The summed E-state index contributed by atoms with van der Waals surface area (Å²) in [6.45, 7) is 0. The van der Waals surface area contributed by atoms with Crippen molar-refractivity contribution in [3.8, 4) is 0 Å². The van der Waals surface area contributed by atoms with Crippen molar-refractivity contribution in [2.45, 2.75) is 23.8 Å². The normalized spacial score (nSPS) is 17.4. The van der Waals surface area contributed by atoms with Crippen LogP contribution in [-0.2, 0) is 14.8 Å². The summed E-state index contributed by atoms with van der Waals surface area (Å²) in [5.41, 5.74) is 0. The summed E-state index contributed by atoms with van der Waals surface area (Å²) < 4.78 is 39.2. The van der Waals surface area contributed by atoms with Crippen LogP contribution in [0.4, 0.5) is 4.39 Å². The summed E-state index contributed by atoms with van der Waals surface area (Å²) in [4.78, 5) is 10.4. The van der Waals surface area contributed by atoms with Gasteiger partial charge < -0.3 is 5.11 Å². The molecule has 0 bridgehead atoms. The van der Waals surface area contributed by atoms with E-state index >= 15 is 0 Å². The Morgan fingerprint density at radius 3 is 2.50 bits per heavy atom. The summed E-state index contributed by atoms with van der Waals surface area (Å²) in [5, 5.41) is 8.94. The molecule has 2 N–H and O–H groups in total. The number of carbonyl (C=O) groups is 1. The summed E-state index contributed by atoms with van der Waals surface area (Å²) in [6.07, 6.45) is 1.33. The van der Waals surface area contributed by atoms with Gasteiger partial charge in [0.2, 0.25) is 10.0 Å². The van der Waals surface area contributed by atoms with Crippen LogP contribution < -0.4 is 4.72 Å². The van der Waals surface area contributed by atoms with E-state index in [1.54, 1.807) is 0 Å². The van der Waals surface area contributed by atoms with Crippen LogP contribution in [0.2, 0.25) is 0 Å². The Labute approximate surface area is 104 Å². The number of rotatable bonds is 5. The molecule has 7 heteroatoms. The van der Waals surface area contributed by atoms with Crippen molar-refractivity contribution in [2.75, 3.05) is 0 Å². The quantitative estimate of drug-likeness (QED) is 0.837. The Hall–Kier alpha value is -1.47. The van der Waals surface area contributed by atoms with Gasteiger partial charge in [-0.15, -0.1) is 0 Å². The third-order valence-corrected chi connectivity index (χ3v) is 4.24. The summed E-state index contributed by atoms with van der Waals surface area (Å²) in [5.74, 6) is -2.34. The highest BCUT2D eigenvalue weighted by atomic mass is 32.2. The van der Waals surface area contributed by atoms with Gasteiger partial charge in [0.05, 0.1) is 0 Å². The molecule has 0 spiro atoms. The van der Waals surface area contributed by atoms with E-state index in [2.05, 4.69) is 0 Å². The number of carboxylic acid groups (broad SMARTS) is 1. The molecule has 0 radical (unpaired) electrons. The van der Waals surface area contributed by atoms with Crippen molar-refractivity contribution in [2.24, 2.45) is 5.92 Å². The fraction of sp³-hybridized carbons (Fsp3) is 0.364. The van der Waals surface area contributed by atoms with E-state index in [-0.39, 0.29) is 5.92 Å². The van der Waals surface area contributed by atoms with Gasteiger partial charge in [0.1, 0.15) is 16.8 Å². The van der Waals surface area contributed by atoms with E-state index in [9.17, 15) is 17.6 Å². The van der Waals surface area contributed by atoms with Crippen LogP contribution in [-0.4, -0.2) is 25.5 Å². The first-order chi connectivity index (χ1) is 8.42. The SMILES string of the molecule is O=C(O)C(NS(=O)(=O)c1ccccc1F)C1CC1. The third kappa shape index (κ3) is 2.68. The van der Waals surface area contributed by atoms with Gasteiger partial charge in [-0.1, -0.05) is 12.1 Å². The first kappa shape index (κ1) is 13.0. The van der Waals surface area contributed by atoms with Crippen LogP contribution in [0.5, 0.6) is 0 Å². The highest BCUT2D eigenvalue weighted by Crippen LogP contribution is 2.33. The van der Waals surface area contributed by atoms with Crippen molar-refractivity contribution >= 4 is 16.0 Å². The molecule has 18 heavy (non-hydrogen) atoms. The molecule has 1 fully saturated rings. The number of carboxylic acids is 1. The molecular formula is C11H12FNO4S. The van der Waals surface area contributed by atoms with Gasteiger partial charge in [-0.3, -0.25) is 4.79 Å². The zero-order valence-electron chi connectivity index (χ0n) is 9.34. The average Bonchev–Trinajstić information content (AvgIpc) is 3.10. The second kappa shape index (κ2) is 4.66. The van der Waals surface area contributed by atoms with Crippen LogP contribution in [0.15, 0.2) is 29.2 Å². The van der Waals surface area contributed by atoms with E-state index in [1.807, 2.05) is 4.72 Å². The fourth-order valence-corrected chi connectivity index (χ4v) is 3.01. The number of aliphatic carboxylic acids is 1. The van der Waals surface area contributed by atoms with Gasteiger partial charge in [0.15, 0.2) is 0 Å². The topological polar surface area (TPSA) is 83.5 Å². The minimum atomic E-state index is -4.15. The number of benzene rings is 1. The Morgan fingerprint density at radius 1 is 1.39 bits per heavy atom. The minimum absolute atomic E-state index is 0.205. The zero-order chi connectivity index (χ0) is 13.3. The lowest BCUT2D eigenvalue weighted by Gasteiger charge is -2.14. The van der Waals surface area contributed by atoms with Crippen molar-refractivity contribution in [1.82, 2.24) is 4.72 Å². The highest BCUT2D eigenvalue weighted by Gasteiger charge is 2.39. The van der Waals surface area contributed by atoms with E-state index in [4.69, 9.17) is 5.11 Å². The van der Waals surface area contributed by atoms with Gasteiger partial charge in [0, 0.05) is 0 Å². The van der Waals surface area contributed by atoms with Crippen LogP contribution in [0.25, 0.3) is 0 Å². The second-order valence-electron chi connectivity index (χ2n) is 4.21. The maximum Gasteiger partial charge on any atom is 0.322 e. The maximum atomic E-state index is 13.4.